The monoisotopic (exact) mass is 231 g/mol. The summed E-state index contributed by atoms with van der Waals surface area (Å²) >= 11 is 3.26. The van der Waals surface area contributed by atoms with Gasteiger partial charge in [-0.15, -0.1) is 0 Å². The van der Waals surface area contributed by atoms with E-state index in [1.54, 1.807) is 17.9 Å². The fraction of sp³-hybridized carbons (Fsp3) is 0.429. The highest BCUT2D eigenvalue weighted by molar-refractivity contribution is 9.10. The van der Waals surface area contributed by atoms with Gasteiger partial charge in [0.1, 0.15) is 4.60 Å². The van der Waals surface area contributed by atoms with Gasteiger partial charge < -0.3 is 5.73 Å². The topological polar surface area (TPSA) is 60.9 Å². The molecule has 1 heterocycles. The van der Waals surface area contributed by atoms with Crippen molar-refractivity contribution in [1.29, 1.82) is 0 Å². The van der Waals surface area contributed by atoms with Gasteiger partial charge in [0, 0.05) is 13.5 Å². The third-order valence-electron chi connectivity index (χ3n) is 1.54. The van der Waals surface area contributed by atoms with Crippen LogP contribution in [0.5, 0.6) is 0 Å². The molecular weight excluding hydrogens is 222 g/mol. The Labute approximate surface area is 78.9 Å². The van der Waals surface area contributed by atoms with Crippen molar-refractivity contribution in [2.75, 3.05) is 6.54 Å². The van der Waals surface area contributed by atoms with Crippen molar-refractivity contribution in [2.24, 2.45) is 12.8 Å². The Morgan fingerprint density at radius 2 is 2.50 bits per heavy atom. The molecule has 0 aromatic carbocycles. The number of aryl methyl sites for hydroxylation is 1. The minimum atomic E-state index is 0.0254. The van der Waals surface area contributed by atoms with Crippen molar-refractivity contribution in [3.8, 4) is 0 Å². The summed E-state index contributed by atoms with van der Waals surface area (Å²) in [5.41, 5.74) is 5.86. The Kier molecular flexibility index (Phi) is 2.99. The average Bonchev–Trinajstić information content (AvgIpc) is 2.34. The van der Waals surface area contributed by atoms with Gasteiger partial charge in [0.25, 0.3) is 0 Å². The van der Waals surface area contributed by atoms with Gasteiger partial charge in [0.15, 0.2) is 5.78 Å². The van der Waals surface area contributed by atoms with Crippen LogP contribution in [0.2, 0.25) is 0 Å². The van der Waals surface area contributed by atoms with Crippen LogP contribution in [0.4, 0.5) is 0 Å². The highest BCUT2D eigenvalue weighted by atomic mass is 79.9. The molecule has 0 saturated carbocycles. The Morgan fingerprint density at radius 1 is 1.83 bits per heavy atom. The summed E-state index contributed by atoms with van der Waals surface area (Å²) in [7, 11) is 1.77. The third-order valence-corrected chi connectivity index (χ3v) is 2.48. The normalized spacial score (nSPS) is 10.2. The van der Waals surface area contributed by atoms with E-state index in [1.165, 1.54) is 0 Å². The number of hydrogen-bond acceptors (Lipinski definition) is 3. The number of aromatic nitrogens is 2. The molecule has 1 aromatic heterocycles. The molecule has 5 heteroatoms. The van der Waals surface area contributed by atoms with Crippen LogP contribution >= 0.6 is 15.9 Å². The Bertz CT molecular complexity index is 295. The zero-order valence-electron chi connectivity index (χ0n) is 6.75. The molecule has 2 N–H and O–H groups in total. The molecule has 0 unspecified atom stereocenters. The average molecular weight is 232 g/mol. The standard InChI is InChI=1S/C7H10BrN3O/c1-11-7(8)5(4-10-11)6(12)2-3-9/h4H,2-3,9H2,1H3. The summed E-state index contributed by atoms with van der Waals surface area (Å²) in [4.78, 5) is 11.3. The first-order valence-corrected chi connectivity index (χ1v) is 4.37. The second-order valence-corrected chi connectivity index (χ2v) is 3.19. The lowest BCUT2D eigenvalue weighted by Crippen LogP contribution is -2.08. The van der Waals surface area contributed by atoms with Crippen LogP contribution in [0.15, 0.2) is 10.8 Å². The number of nitrogens with two attached hydrogens (primary N) is 1. The van der Waals surface area contributed by atoms with E-state index in [9.17, 15) is 4.79 Å². The van der Waals surface area contributed by atoms with Crippen molar-refractivity contribution in [1.82, 2.24) is 9.78 Å². The molecule has 0 amide bonds. The summed E-state index contributed by atoms with van der Waals surface area (Å²) in [5.74, 6) is 0.0254. The maximum atomic E-state index is 11.3. The molecule has 0 spiro atoms. The van der Waals surface area contributed by atoms with E-state index in [2.05, 4.69) is 21.0 Å². The second-order valence-electron chi connectivity index (χ2n) is 2.43. The molecule has 0 atom stereocenters. The van der Waals surface area contributed by atoms with Gasteiger partial charge in [-0.05, 0) is 22.5 Å². The maximum Gasteiger partial charge on any atom is 0.168 e. The fourth-order valence-corrected chi connectivity index (χ4v) is 1.29. The van der Waals surface area contributed by atoms with Crippen LogP contribution < -0.4 is 5.73 Å². The first-order chi connectivity index (χ1) is 5.66. The minimum Gasteiger partial charge on any atom is -0.330 e. The molecule has 0 fully saturated rings. The SMILES string of the molecule is Cn1ncc(C(=O)CCN)c1Br. The quantitative estimate of drug-likeness (QED) is 0.781. The Balaban J connectivity index is 2.88. The molecule has 0 radical (unpaired) electrons. The Hall–Kier alpha value is -0.680. The summed E-state index contributed by atoms with van der Waals surface area (Å²) < 4.78 is 2.31. The zero-order valence-corrected chi connectivity index (χ0v) is 8.34. The summed E-state index contributed by atoms with van der Waals surface area (Å²) in [6, 6.07) is 0. The van der Waals surface area contributed by atoms with Gasteiger partial charge in [0.2, 0.25) is 0 Å². The lowest BCUT2D eigenvalue weighted by atomic mass is 10.2. The molecule has 66 valence electrons. The third kappa shape index (κ3) is 1.73. The smallest absolute Gasteiger partial charge is 0.168 e. The van der Waals surface area contributed by atoms with Crippen molar-refractivity contribution in [3.63, 3.8) is 0 Å². The minimum absolute atomic E-state index is 0.0254. The Morgan fingerprint density at radius 3 is 2.92 bits per heavy atom. The first-order valence-electron chi connectivity index (χ1n) is 3.57. The van der Waals surface area contributed by atoms with E-state index in [4.69, 9.17) is 5.73 Å². The lowest BCUT2D eigenvalue weighted by molar-refractivity contribution is 0.0984. The van der Waals surface area contributed by atoms with Gasteiger partial charge in [-0.2, -0.15) is 5.10 Å². The van der Waals surface area contributed by atoms with E-state index >= 15 is 0 Å². The molecule has 0 aliphatic rings. The van der Waals surface area contributed by atoms with Crippen LogP contribution in [-0.4, -0.2) is 22.1 Å². The van der Waals surface area contributed by atoms with Crippen molar-refractivity contribution in [3.05, 3.63) is 16.4 Å². The molecule has 0 saturated heterocycles. The van der Waals surface area contributed by atoms with Crippen LogP contribution in [0.3, 0.4) is 0 Å². The number of carbonyl (C=O) groups is 1. The predicted molar refractivity (Wildman–Crippen MR) is 48.9 cm³/mol. The van der Waals surface area contributed by atoms with E-state index in [0.29, 0.717) is 23.1 Å². The number of hydrogen-bond donors (Lipinski definition) is 1. The number of nitrogens with zero attached hydrogens (tertiary/aromatic N) is 2. The number of carbonyl (C=O) groups excluding carboxylic acids is 1. The summed E-state index contributed by atoms with van der Waals surface area (Å²) in [6.07, 6.45) is 1.91. The molecule has 1 rings (SSSR count). The fourth-order valence-electron chi connectivity index (χ4n) is 0.875. The highest BCUT2D eigenvalue weighted by Gasteiger charge is 2.12. The number of Topliss-reactive ketones (excluding diaryl/α,β-unsaturated/α-hetero) is 1. The molecule has 0 bridgehead atoms. The largest absolute Gasteiger partial charge is 0.330 e. The van der Waals surface area contributed by atoms with E-state index in [0.717, 1.165) is 0 Å². The van der Waals surface area contributed by atoms with E-state index in [1.807, 2.05) is 0 Å². The van der Waals surface area contributed by atoms with Crippen LogP contribution in [-0.2, 0) is 7.05 Å². The van der Waals surface area contributed by atoms with Gasteiger partial charge in [-0.1, -0.05) is 0 Å². The number of halogens is 1. The van der Waals surface area contributed by atoms with Crippen LogP contribution in [0.25, 0.3) is 0 Å². The molecule has 1 aromatic rings. The van der Waals surface area contributed by atoms with Gasteiger partial charge in [-0.3, -0.25) is 9.48 Å². The first kappa shape index (κ1) is 9.41. The van der Waals surface area contributed by atoms with Gasteiger partial charge in [-0.25, -0.2) is 0 Å². The summed E-state index contributed by atoms with van der Waals surface area (Å²) in [6.45, 7) is 0.375. The number of ketones is 1. The lowest BCUT2D eigenvalue weighted by Gasteiger charge is -1.95. The van der Waals surface area contributed by atoms with Crippen molar-refractivity contribution < 1.29 is 4.79 Å². The second kappa shape index (κ2) is 3.82. The van der Waals surface area contributed by atoms with E-state index in [-0.39, 0.29) is 5.78 Å². The predicted octanol–water partition coefficient (Wildman–Crippen LogP) is 0.714. The summed E-state index contributed by atoms with van der Waals surface area (Å²) in [5, 5.41) is 3.93. The van der Waals surface area contributed by atoms with Crippen molar-refractivity contribution >= 4 is 21.7 Å². The zero-order chi connectivity index (χ0) is 9.14. The molecule has 0 aliphatic heterocycles. The molecule has 4 nitrogen and oxygen atoms in total. The molecule has 12 heavy (non-hydrogen) atoms. The van der Waals surface area contributed by atoms with Gasteiger partial charge >= 0.3 is 0 Å². The highest BCUT2D eigenvalue weighted by Crippen LogP contribution is 2.16. The molecule has 0 aliphatic carbocycles. The van der Waals surface area contributed by atoms with Gasteiger partial charge in [0.05, 0.1) is 11.8 Å². The number of rotatable bonds is 3. The molecular formula is C7H10BrN3O. The van der Waals surface area contributed by atoms with Crippen LogP contribution in [0.1, 0.15) is 16.8 Å². The van der Waals surface area contributed by atoms with Crippen molar-refractivity contribution in [2.45, 2.75) is 6.42 Å². The van der Waals surface area contributed by atoms with Crippen LogP contribution in [0, 0.1) is 0 Å². The van der Waals surface area contributed by atoms with E-state index < -0.39 is 0 Å². The maximum absolute atomic E-state index is 11.3.